The monoisotopic (exact) mass is 318 g/mol. The number of ether oxygens (including phenoxy) is 1. The van der Waals surface area contributed by atoms with Crippen molar-refractivity contribution >= 4 is 5.91 Å². The molecule has 0 unspecified atom stereocenters. The molecule has 2 aromatic rings. The van der Waals surface area contributed by atoms with Crippen LogP contribution in [-0.2, 0) is 18.3 Å². The van der Waals surface area contributed by atoms with E-state index in [9.17, 15) is 4.79 Å². The molecule has 3 heterocycles. The zero-order chi connectivity index (χ0) is 16.6. The van der Waals surface area contributed by atoms with Crippen molar-refractivity contribution < 1.29 is 13.9 Å². The second kappa shape index (κ2) is 6.17. The average molecular weight is 318 g/mol. The van der Waals surface area contributed by atoms with Crippen LogP contribution in [0.3, 0.4) is 0 Å². The number of carbonyl (C=O) groups excluding carboxylic acids is 1. The van der Waals surface area contributed by atoms with E-state index >= 15 is 0 Å². The Kier molecular flexibility index (Phi) is 4.23. The number of amides is 1. The maximum Gasteiger partial charge on any atom is 0.284 e. The highest BCUT2D eigenvalue weighted by atomic mass is 16.5. The minimum atomic E-state index is -0.556. The Morgan fingerprint density at radius 2 is 2.26 bits per heavy atom. The summed E-state index contributed by atoms with van der Waals surface area (Å²) in [5.41, 5.74) is 8.47. The number of primary amides is 1. The summed E-state index contributed by atoms with van der Waals surface area (Å²) >= 11 is 0. The van der Waals surface area contributed by atoms with Crippen molar-refractivity contribution in [3.8, 4) is 0 Å². The third kappa shape index (κ3) is 3.02. The molecule has 7 heteroatoms. The van der Waals surface area contributed by atoms with Crippen LogP contribution >= 0.6 is 0 Å². The molecule has 0 aliphatic carbocycles. The summed E-state index contributed by atoms with van der Waals surface area (Å²) < 4.78 is 13.2. The molecule has 0 aromatic carbocycles. The number of aryl methyl sites for hydroxylation is 2. The molecule has 1 amide bonds. The van der Waals surface area contributed by atoms with Crippen molar-refractivity contribution in [1.29, 1.82) is 0 Å². The van der Waals surface area contributed by atoms with Crippen LogP contribution < -0.4 is 11.1 Å². The summed E-state index contributed by atoms with van der Waals surface area (Å²) in [7, 11) is 1.94. The molecule has 0 saturated carbocycles. The van der Waals surface area contributed by atoms with Crippen LogP contribution in [0.4, 0.5) is 0 Å². The predicted molar refractivity (Wildman–Crippen MR) is 83.8 cm³/mol. The Balaban J connectivity index is 1.70. The minimum Gasteiger partial charge on any atom is -0.455 e. The number of aromatic nitrogens is 2. The van der Waals surface area contributed by atoms with Crippen LogP contribution in [-0.4, -0.2) is 28.3 Å². The summed E-state index contributed by atoms with van der Waals surface area (Å²) in [4.78, 5) is 11.1. The van der Waals surface area contributed by atoms with Crippen LogP contribution in [0.1, 0.15) is 45.8 Å². The Bertz CT molecular complexity index is 719. The molecule has 1 saturated heterocycles. The standard InChI is InChI=1S/C16H22N4O3/c1-9-14(10(2)20(3)19-9)15-12(6-7-22-15)18-8-11-4-5-13(23-11)16(17)21/h4-5,12,15,18H,6-8H2,1-3H3,(H2,17,21)/t12-,15-/m0/s1. The van der Waals surface area contributed by atoms with Gasteiger partial charge in [0, 0.05) is 31.0 Å². The first-order valence-electron chi connectivity index (χ1n) is 7.71. The Labute approximate surface area is 134 Å². The summed E-state index contributed by atoms with van der Waals surface area (Å²) in [6.45, 7) is 5.30. The lowest BCUT2D eigenvalue weighted by atomic mass is 10.0. The smallest absolute Gasteiger partial charge is 0.284 e. The number of carbonyl (C=O) groups is 1. The van der Waals surface area contributed by atoms with Gasteiger partial charge in [0.15, 0.2) is 5.76 Å². The van der Waals surface area contributed by atoms with Gasteiger partial charge >= 0.3 is 0 Å². The van der Waals surface area contributed by atoms with Gasteiger partial charge in [-0.3, -0.25) is 9.48 Å². The molecule has 2 atom stereocenters. The Morgan fingerprint density at radius 1 is 1.48 bits per heavy atom. The van der Waals surface area contributed by atoms with Gasteiger partial charge < -0.3 is 20.2 Å². The first kappa shape index (κ1) is 15.8. The van der Waals surface area contributed by atoms with Gasteiger partial charge in [0.25, 0.3) is 5.91 Å². The lowest BCUT2D eigenvalue weighted by molar-refractivity contribution is 0.0956. The van der Waals surface area contributed by atoms with Gasteiger partial charge in [-0.15, -0.1) is 0 Å². The summed E-state index contributed by atoms with van der Waals surface area (Å²) in [5, 5.41) is 7.92. The number of rotatable bonds is 5. The molecule has 0 radical (unpaired) electrons. The number of hydrogen-bond donors (Lipinski definition) is 2. The average Bonchev–Trinajstić information content (AvgIpc) is 3.18. The van der Waals surface area contributed by atoms with E-state index in [1.54, 1.807) is 12.1 Å². The normalized spacial score (nSPS) is 21.0. The van der Waals surface area contributed by atoms with Crippen molar-refractivity contribution in [1.82, 2.24) is 15.1 Å². The van der Waals surface area contributed by atoms with E-state index in [0.717, 1.165) is 23.4 Å². The molecular formula is C16H22N4O3. The minimum absolute atomic E-state index is 0.0192. The van der Waals surface area contributed by atoms with Crippen LogP contribution in [0.5, 0.6) is 0 Å². The van der Waals surface area contributed by atoms with Crippen molar-refractivity contribution in [2.75, 3.05) is 6.61 Å². The van der Waals surface area contributed by atoms with Crippen molar-refractivity contribution in [3.05, 3.63) is 40.6 Å². The van der Waals surface area contributed by atoms with E-state index < -0.39 is 5.91 Å². The highest BCUT2D eigenvalue weighted by Gasteiger charge is 2.33. The predicted octanol–water partition coefficient (Wildman–Crippen LogP) is 1.35. The molecule has 3 rings (SSSR count). The second-order valence-electron chi connectivity index (χ2n) is 5.91. The van der Waals surface area contributed by atoms with Gasteiger partial charge in [0.05, 0.1) is 12.2 Å². The molecule has 3 N–H and O–H groups in total. The fraction of sp³-hybridized carbons (Fsp3) is 0.500. The van der Waals surface area contributed by atoms with Crippen molar-refractivity contribution in [2.45, 2.75) is 39.0 Å². The SMILES string of the molecule is Cc1nn(C)c(C)c1[C@H]1OCC[C@@H]1NCc1ccc(C(N)=O)o1. The molecular weight excluding hydrogens is 296 g/mol. The maximum atomic E-state index is 11.1. The molecule has 124 valence electrons. The van der Waals surface area contributed by atoms with Crippen LogP contribution in [0.25, 0.3) is 0 Å². The number of nitrogens with zero attached hydrogens (tertiary/aromatic N) is 2. The van der Waals surface area contributed by atoms with Crippen molar-refractivity contribution in [3.63, 3.8) is 0 Å². The third-order valence-electron chi connectivity index (χ3n) is 4.38. The number of nitrogens with one attached hydrogen (secondary N) is 1. The molecule has 1 fully saturated rings. The molecule has 7 nitrogen and oxygen atoms in total. The zero-order valence-corrected chi connectivity index (χ0v) is 13.6. The fourth-order valence-corrected chi connectivity index (χ4v) is 3.12. The molecule has 1 aliphatic heterocycles. The van der Waals surface area contributed by atoms with E-state index in [1.807, 2.05) is 18.7 Å². The van der Waals surface area contributed by atoms with Gasteiger partial charge in [0.2, 0.25) is 0 Å². The number of nitrogens with two attached hydrogens (primary N) is 1. The van der Waals surface area contributed by atoms with E-state index in [-0.39, 0.29) is 17.9 Å². The molecule has 0 bridgehead atoms. The highest BCUT2D eigenvalue weighted by Crippen LogP contribution is 2.33. The first-order chi connectivity index (χ1) is 11.0. The van der Waals surface area contributed by atoms with Gasteiger partial charge in [0.1, 0.15) is 11.9 Å². The van der Waals surface area contributed by atoms with E-state index in [4.69, 9.17) is 14.9 Å². The zero-order valence-electron chi connectivity index (χ0n) is 13.6. The van der Waals surface area contributed by atoms with Gasteiger partial charge in [-0.1, -0.05) is 0 Å². The van der Waals surface area contributed by atoms with E-state index in [1.165, 1.54) is 0 Å². The van der Waals surface area contributed by atoms with Crippen LogP contribution in [0, 0.1) is 13.8 Å². The van der Waals surface area contributed by atoms with Crippen molar-refractivity contribution in [2.24, 2.45) is 12.8 Å². The number of hydrogen-bond acceptors (Lipinski definition) is 5. The highest BCUT2D eigenvalue weighted by molar-refractivity contribution is 5.89. The van der Waals surface area contributed by atoms with Gasteiger partial charge in [-0.25, -0.2) is 0 Å². The molecule has 2 aromatic heterocycles. The lowest BCUT2D eigenvalue weighted by Crippen LogP contribution is -2.31. The first-order valence-corrected chi connectivity index (χ1v) is 7.71. The largest absolute Gasteiger partial charge is 0.455 e. The van der Waals surface area contributed by atoms with Gasteiger partial charge in [-0.05, 0) is 32.4 Å². The summed E-state index contributed by atoms with van der Waals surface area (Å²) in [5.74, 6) is 0.309. The lowest BCUT2D eigenvalue weighted by Gasteiger charge is -2.20. The van der Waals surface area contributed by atoms with Crippen LogP contribution in [0.2, 0.25) is 0 Å². The molecule has 1 aliphatic rings. The molecule has 0 spiro atoms. The maximum absolute atomic E-state index is 11.1. The topological polar surface area (TPSA) is 95.3 Å². The Hall–Kier alpha value is -2.12. The third-order valence-corrected chi connectivity index (χ3v) is 4.38. The fourth-order valence-electron chi connectivity index (χ4n) is 3.12. The number of furan rings is 1. The van der Waals surface area contributed by atoms with Gasteiger partial charge in [-0.2, -0.15) is 5.10 Å². The Morgan fingerprint density at radius 3 is 2.87 bits per heavy atom. The van der Waals surface area contributed by atoms with E-state index in [0.29, 0.717) is 18.9 Å². The summed E-state index contributed by atoms with van der Waals surface area (Å²) in [6, 6.07) is 3.54. The summed E-state index contributed by atoms with van der Waals surface area (Å²) in [6.07, 6.45) is 0.899. The quantitative estimate of drug-likeness (QED) is 0.867. The second-order valence-corrected chi connectivity index (χ2v) is 5.91. The molecule has 23 heavy (non-hydrogen) atoms. The van der Waals surface area contributed by atoms with E-state index in [2.05, 4.69) is 17.3 Å². The van der Waals surface area contributed by atoms with Crippen LogP contribution in [0.15, 0.2) is 16.5 Å².